The topological polar surface area (TPSA) is 61.2 Å². The molecule has 59 heavy (non-hydrogen) atoms. The lowest BCUT2D eigenvalue weighted by Crippen LogP contribution is -2.06. The molecule has 0 saturated carbocycles. The lowest BCUT2D eigenvalue weighted by atomic mass is 9.97. The van der Waals surface area contributed by atoms with Gasteiger partial charge in [0.15, 0.2) is 11.6 Å². The minimum absolute atomic E-state index is 0.555. The molecule has 5 heterocycles. The molecule has 0 atom stereocenters. The van der Waals surface area contributed by atoms with Crippen LogP contribution in [0.15, 0.2) is 180 Å². The maximum Gasteiger partial charge on any atom is 0.238 e. The fourth-order valence-electron chi connectivity index (χ4n) is 10.0. The van der Waals surface area contributed by atoms with Crippen LogP contribution in [0.1, 0.15) is 0 Å². The van der Waals surface area contributed by atoms with Gasteiger partial charge < -0.3 is 8.82 Å². The van der Waals surface area contributed by atoms with E-state index in [2.05, 4.69) is 148 Å². The highest BCUT2D eigenvalue weighted by molar-refractivity contribution is 6.40. The first kappa shape index (κ1) is 31.0. The normalized spacial score (nSPS) is 12.4. The number of furan rings is 1. The quantitative estimate of drug-likeness (QED) is 0.180. The number of hydrogen-bond acceptors (Lipinski definition) is 4. The van der Waals surface area contributed by atoms with Gasteiger partial charge in [0, 0.05) is 59.6 Å². The maximum absolute atomic E-state index is 6.36. The molecule has 0 radical (unpaired) electrons. The van der Waals surface area contributed by atoms with E-state index in [1.165, 1.54) is 59.6 Å². The molecule has 0 aliphatic rings. The highest BCUT2D eigenvalue weighted by Crippen LogP contribution is 2.49. The summed E-state index contributed by atoms with van der Waals surface area (Å²) in [4.78, 5) is 15.9. The molecule has 0 spiro atoms. The van der Waals surface area contributed by atoms with Crippen LogP contribution in [0.5, 0.6) is 0 Å². The lowest BCUT2D eigenvalue weighted by Gasteiger charge is -2.13. The van der Waals surface area contributed by atoms with Gasteiger partial charge in [-0.3, -0.25) is 4.57 Å². The zero-order chi connectivity index (χ0) is 38.3. The number of fused-ring (bicyclic) bond motifs is 18. The van der Waals surface area contributed by atoms with E-state index in [1.807, 2.05) is 36.4 Å². The third-order valence-corrected chi connectivity index (χ3v) is 12.5. The molecule has 0 saturated heterocycles. The highest BCUT2D eigenvalue weighted by Gasteiger charge is 2.27. The van der Waals surface area contributed by atoms with Gasteiger partial charge in [-0.15, -0.1) is 0 Å². The molecule has 272 valence electrons. The second-order valence-electron chi connectivity index (χ2n) is 15.5. The highest BCUT2D eigenvalue weighted by atomic mass is 16.3. The van der Waals surface area contributed by atoms with Crippen molar-refractivity contribution in [3.05, 3.63) is 176 Å². The van der Waals surface area contributed by atoms with Gasteiger partial charge in [0.1, 0.15) is 11.2 Å². The molecule has 0 fully saturated rings. The van der Waals surface area contributed by atoms with Crippen molar-refractivity contribution in [3.63, 3.8) is 0 Å². The third-order valence-electron chi connectivity index (χ3n) is 12.5. The second kappa shape index (κ2) is 11.3. The van der Waals surface area contributed by atoms with E-state index in [0.29, 0.717) is 17.6 Å². The van der Waals surface area contributed by atoms with Gasteiger partial charge in [-0.2, -0.15) is 9.97 Å². The predicted octanol–water partition coefficient (Wildman–Crippen LogP) is 13.7. The van der Waals surface area contributed by atoms with Crippen molar-refractivity contribution in [2.75, 3.05) is 0 Å². The monoisotopic (exact) mass is 751 g/mol. The molecule has 6 heteroatoms. The zero-order valence-corrected chi connectivity index (χ0v) is 31.4. The summed E-state index contributed by atoms with van der Waals surface area (Å²) in [5.41, 5.74) is 9.15. The van der Waals surface area contributed by atoms with E-state index in [1.54, 1.807) is 0 Å². The lowest BCUT2D eigenvalue weighted by molar-refractivity contribution is 0.669. The molecular formula is C53H29N5O. The van der Waals surface area contributed by atoms with E-state index in [4.69, 9.17) is 19.4 Å². The van der Waals surface area contributed by atoms with Crippen molar-refractivity contribution in [3.8, 4) is 28.7 Å². The average molecular weight is 752 g/mol. The van der Waals surface area contributed by atoms with Gasteiger partial charge in [0.05, 0.1) is 27.6 Å². The fourth-order valence-corrected chi connectivity index (χ4v) is 10.0. The third kappa shape index (κ3) is 4.06. The van der Waals surface area contributed by atoms with Crippen molar-refractivity contribution in [2.45, 2.75) is 0 Å². The molecule has 14 aromatic rings. The van der Waals surface area contributed by atoms with Crippen molar-refractivity contribution in [1.29, 1.82) is 0 Å². The smallest absolute Gasteiger partial charge is 0.238 e. The zero-order valence-electron chi connectivity index (χ0n) is 31.4. The summed E-state index contributed by atoms with van der Waals surface area (Å²) in [5, 5.41) is 14.4. The Hall–Kier alpha value is -8.09. The fraction of sp³-hybridized carbons (Fsp3) is 0. The summed E-state index contributed by atoms with van der Waals surface area (Å²) in [5.74, 6) is 1.73. The average Bonchev–Trinajstić information content (AvgIpc) is 4.05. The Morgan fingerprint density at radius 1 is 0.356 bits per heavy atom. The minimum Gasteiger partial charge on any atom is -0.456 e. The molecule has 9 aromatic carbocycles. The maximum atomic E-state index is 6.36. The van der Waals surface area contributed by atoms with Gasteiger partial charge in [-0.25, -0.2) is 4.98 Å². The molecular weight excluding hydrogens is 723 g/mol. The van der Waals surface area contributed by atoms with E-state index < -0.39 is 0 Å². The van der Waals surface area contributed by atoms with Crippen molar-refractivity contribution >= 4 is 103 Å². The van der Waals surface area contributed by atoms with Gasteiger partial charge in [0.25, 0.3) is 0 Å². The molecule has 0 aliphatic carbocycles. The van der Waals surface area contributed by atoms with Crippen molar-refractivity contribution < 1.29 is 4.42 Å². The summed E-state index contributed by atoms with van der Waals surface area (Å²) < 4.78 is 11.2. The van der Waals surface area contributed by atoms with Gasteiger partial charge in [-0.05, 0) is 46.5 Å². The van der Waals surface area contributed by atoms with Gasteiger partial charge >= 0.3 is 0 Å². The Morgan fingerprint density at radius 2 is 1.02 bits per heavy atom. The molecule has 14 rings (SSSR count). The van der Waals surface area contributed by atoms with E-state index in [-0.39, 0.29) is 0 Å². The first-order valence-corrected chi connectivity index (χ1v) is 20.0. The van der Waals surface area contributed by atoms with Crippen LogP contribution < -0.4 is 0 Å². The van der Waals surface area contributed by atoms with Crippen LogP contribution in [-0.4, -0.2) is 23.9 Å². The van der Waals surface area contributed by atoms with Crippen LogP contribution in [0.2, 0.25) is 0 Å². The largest absolute Gasteiger partial charge is 0.456 e. The van der Waals surface area contributed by atoms with E-state index >= 15 is 0 Å². The number of hydrogen-bond donors (Lipinski definition) is 0. The number of benzene rings is 9. The molecule has 0 N–H and O–H groups in total. The van der Waals surface area contributed by atoms with Gasteiger partial charge in [0.2, 0.25) is 5.95 Å². The summed E-state index contributed by atoms with van der Waals surface area (Å²) in [6.07, 6.45) is 0. The van der Waals surface area contributed by atoms with Gasteiger partial charge in [-0.1, -0.05) is 146 Å². The minimum atomic E-state index is 0.555. The Balaban J connectivity index is 1.16. The Morgan fingerprint density at radius 3 is 1.88 bits per heavy atom. The molecule has 0 unspecified atom stereocenters. The first-order valence-electron chi connectivity index (χ1n) is 20.0. The molecule has 0 aliphatic heterocycles. The van der Waals surface area contributed by atoms with Crippen molar-refractivity contribution in [2.24, 2.45) is 0 Å². The van der Waals surface area contributed by atoms with Crippen LogP contribution >= 0.6 is 0 Å². The Kier molecular flexibility index (Phi) is 5.93. The van der Waals surface area contributed by atoms with E-state index in [0.717, 1.165) is 54.9 Å². The standard InChI is InChI=1S/C53H29N5O/c1-2-14-31(15-3-1)51-54-52(32-25-27-35-34-17-9-11-24-43(34)59-44(35)29-32)56-53(55-51)58-41-23-10-8-20-38(41)47-49(58)37-19-7-6-18-36(37)46-40-22-12-21-39-45-33-16-5-4-13-30(33)26-28-42(45)57(48(39)40)50(46)47/h1-29H. The summed E-state index contributed by atoms with van der Waals surface area (Å²) in [7, 11) is 0. The van der Waals surface area contributed by atoms with Crippen LogP contribution in [-0.2, 0) is 0 Å². The summed E-state index contributed by atoms with van der Waals surface area (Å²) in [6.45, 7) is 0. The first-order chi connectivity index (χ1) is 29.3. The van der Waals surface area contributed by atoms with Crippen LogP contribution in [0.3, 0.4) is 0 Å². The number of nitrogens with zero attached hydrogens (tertiary/aromatic N) is 5. The SMILES string of the molecule is c1ccc(-c2nc(-c3ccc4c(c3)oc3ccccc34)nc(-n3c4ccccc4c4c3c3ccccc3c3c5cccc6c7c8ccccc8ccc7n(c65)c34)n2)cc1. The molecule has 0 bridgehead atoms. The number of aromatic nitrogens is 5. The molecule has 0 amide bonds. The number of rotatable bonds is 3. The summed E-state index contributed by atoms with van der Waals surface area (Å²) >= 11 is 0. The Labute approximate surface area is 335 Å². The number of para-hydroxylation sites is 3. The van der Waals surface area contributed by atoms with Crippen LogP contribution in [0, 0.1) is 0 Å². The van der Waals surface area contributed by atoms with Crippen LogP contribution in [0.25, 0.3) is 132 Å². The molecule has 5 aromatic heterocycles. The van der Waals surface area contributed by atoms with Crippen molar-refractivity contribution in [1.82, 2.24) is 23.9 Å². The van der Waals surface area contributed by atoms with E-state index in [9.17, 15) is 0 Å². The summed E-state index contributed by atoms with van der Waals surface area (Å²) in [6, 6.07) is 62.2. The predicted molar refractivity (Wildman–Crippen MR) is 242 cm³/mol. The molecule has 6 nitrogen and oxygen atoms in total. The second-order valence-corrected chi connectivity index (χ2v) is 15.5. The Bertz CT molecular complexity index is 4080. The van der Waals surface area contributed by atoms with Crippen LogP contribution in [0.4, 0.5) is 0 Å².